The van der Waals surface area contributed by atoms with Gasteiger partial charge in [0.15, 0.2) is 0 Å². The van der Waals surface area contributed by atoms with Gasteiger partial charge in [0.25, 0.3) is 0 Å². The van der Waals surface area contributed by atoms with Crippen molar-refractivity contribution < 1.29 is 14.3 Å². The highest BCUT2D eigenvalue weighted by Gasteiger charge is 2.16. The molecule has 0 spiro atoms. The molecule has 3 nitrogen and oxygen atoms in total. The van der Waals surface area contributed by atoms with Crippen LogP contribution in [-0.2, 0) is 4.79 Å². The second-order valence-electron chi connectivity index (χ2n) is 4.38. The Labute approximate surface area is 121 Å². The number of amides is 1. The topological polar surface area (TPSA) is 49.3 Å². The molecule has 2 atom stereocenters. The Kier molecular flexibility index (Phi) is 6.62. The van der Waals surface area contributed by atoms with Crippen LogP contribution >= 0.6 is 23.4 Å². The van der Waals surface area contributed by atoms with Crippen molar-refractivity contribution in [3.05, 3.63) is 29.0 Å². The van der Waals surface area contributed by atoms with E-state index in [1.807, 2.05) is 6.92 Å². The van der Waals surface area contributed by atoms with Crippen LogP contribution in [-0.4, -0.2) is 28.6 Å². The molecule has 0 aliphatic heterocycles. The average Bonchev–Trinajstić information content (AvgIpc) is 2.39. The molecule has 0 aromatic heterocycles. The van der Waals surface area contributed by atoms with Crippen LogP contribution in [0.25, 0.3) is 0 Å². The van der Waals surface area contributed by atoms with Gasteiger partial charge in [-0.25, -0.2) is 4.39 Å². The highest BCUT2D eigenvalue weighted by atomic mass is 35.5. The quantitative estimate of drug-likeness (QED) is 0.849. The van der Waals surface area contributed by atoms with Crippen molar-refractivity contribution in [1.82, 2.24) is 0 Å². The maximum Gasteiger partial charge on any atom is 0.237 e. The summed E-state index contributed by atoms with van der Waals surface area (Å²) in [6.45, 7) is 3.73. The molecule has 19 heavy (non-hydrogen) atoms. The summed E-state index contributed by atoms with van der Waals surface area (Å²) >= 11 is 7.17. The molecule has 0 aliphatic rings. The van der Waals surface area contributed by atoms with E-state index in [1.54, 1.807) is 6.92 Å². The Bertz CT molecular complexity index is 445. The number of aliphatic hydroxyl groups excluding tert-OH is 1. The van der Waals surface area contributed by atoms with Crippen LogP contribution in [0, 0.1) is 11.7 Å². The number of carbonyl (C=O) groups is 1. The van der Waals surface area contributed by atoms with Crippen LogP contribution in [0.1, 0.15) is 13.8 Å². The summed E-state index contributed by atoms with van der Waals surface area (Å²) in [4.78, 5) is 11.9. The standard InChI is InChI=1S/C13H17ClFNO2S/c1-8(6-17)7-19-9(2)13(18)16-12-5-10(14)3-4-11(12)15/h3-5,8-9,17H,6-7H2,1-2H3,(H,16,18)/t8-,9-/m1/s1. The molecule has 6 heteroatoms. The summed E-state index contributed by atoms with van der Waals surface area (Å²) in [7, 11) is 0. The third kappa shape index (κ3) is 5.38. The van der Waals surface area contributed by atoms with Crippen molar-refractivity contribution in [2.75, 3.05) is 17.7 Å². The number of thioether (sulfide) groups is 1. The van der Waals surface area contributed by atoms with Gasteiger partial charge < -0.3 is 10.4 Å². The minimum absolute atomic E-state index is 0.0835. The van der Waals surface area contributed by atoms with E-state index < -0.39 is 5.82 Å². The van der Waals surface area contributed by atoms with Gasteiger partial charge in [0, 0.05) is 11.6 Å². The number of benzene rings is 1. The lowest BCUT2D eigenvalue weighted by Crippen LogP contribution is -2.24. The molecule has 0 bridgehead atoms. The summed E-state index contributed by atoms with van der Waals surface area (Å²) in [5.74, 6) is 0.00137. The molecule has 106 valence electrons. The molecular formula is C13H17ClFNO2S. The van der Waals surface area contributed by atoms with Gasteiger partial charge in [0.1, 0.15) is 5.82 Å². The first kappa shape index (κ1) is 16.3. The van der Waals surface area contributed by atoms with Crippen molar-refractivity contribution in [2.45, 2.75) is 19.1 Å². The first-order chi connectivity index (χ1) is 8.93. The monoisotopic (exact) mass is 305 g/mol. The zero-order valence-corrected chi connectivity index (χ0v) is 12.4. The number of nitrogens with one attached hydrogen (secondary N) is 1. The van der Waals surface area contributed by atoms with E-state index in [2.05, 4.69) is 5.32 Å². The van der Waals surface area contributed by atoms with Gasteiger partial charge in [-0.2, -0.15) is 0 Å². The van der Waals surface area contributed by atoms with Crippen molar-refractivity contribution in [3.8, 4) is 0 Å². The predicted molar refractivity (Wildman–Crippen MR) is 78.2 cm³/mol. The van der Waals surface area contributed by atoms with Gasteiger partial charge in [-0.1, -0.05) is 18.5 Å². The Morgan fingerprint density at radius 2 is 2.21 bits per heavy atom. The van der Waals surface area contributed by atoms with Crippen molar-refractivity contribution >= 4 is 35.0 Å². The Hall–Kier alpha value is -0.780. The Balaban J connectivity index is 2.56. The van der Waals surface area contributed by atoms with E-state index in [9.17, 15) is 9.18 Å². The fourth-order valence-electron chi connectivity index (χ4n) is 1.26. The molecule has 0 radical (unpaired) electrons. The molecule has 2 N–H and O–H groups in total. The summed E-state index contributed by atoms with van der Waals surface area (Å²) in [6, 6.07) is 4.01. The molecule has 1 aromatic carbocycles. The number of aliphatic hydroxyl groups is 1. The molecule has 0 saturated heterocycles. The lowest BCUT2D eigenvalue weighted by atomic mass is 10.2. The highest BCUT2D eigenvalue weighted by Crippen LogP contribution is 2.21. The van der Waals surface area contributed by atoms with Crippen molar-refractivity contribution in [1.29, 1.82) is 0 Å². The second-order valence-corrected chi connectivity index (χ2v) is 6.19. The van der Waals surface area contributed by atoms with Gasteiger partial charge in [0.05, 0.1) is 10.9 Å². The van der Waals surface area contributed by atoms with Gasteiger partial charge in [0.2, 0.25) is 5.91 Å². The molecule has 0 unspecified atom stereocenters. The van der Waals surface area contributed by atoms with Gasteiger partial charge in [-0.05, 0) is 36.8 Å². The maximum atomic E-state index is 13.4. The molecule has 1 amide bonds. The molecule has 1 aromatic rings. The van der Waals surface area contributed by atoms with E-state index >= 15 is 0 Å². The van der Waals surface area contributed by atoms with E-state index in [4.69, 9.17) is 16.7 Å². The SMILES string of the molecule is C[C@H](CO)CS[C@H](C)C(=O)Nc1cc(Cl)ccc1F. The number of anilines is 1. The number of hydrogen-bond donors (Lipinski definition) is 2. The predicted octanol–water partition coefficient (Wildman–Crippen LogP) is 3.17. The number of carbonyl (C=O) groups excluding carboxylic acids is 1. The van der Waals surface area contributed by atoms with Crippen LogP contribution in [0.4, 0.5) is 10.1 Å². The molecule has 0 heterocycles. The van der Waals surface area contributed by atoms with Crippen LogP contribution in [0.5, 0.6) is 0 Å². The zero-order valence-electron chi connectivity index (χ0n) is 10.8. The molecule has 0 aliphatic carbocycles. The van der Waals surface area contributed by atoms with Crippen molar-refractivity contribution in [3.63, 3.8) is 0 Å². The summed E-state index contributed by atoms with van der Waals surface area (Å²) < 4.78 is 13.4. The number of halogens is 2. The van der Waals surface area contributed by atoms with Crippen LogP contribution < -0.4 is 5.32 Å². The minimum atomic E-state index is -0.515. The van der Waals surface area contributed by atoms with E-state index in [-0.39, 0.29) is 29.4 Å². The smallest absolute Gasteiger partial charge is 0.237 e. The second kappa shape index (κ2) is 7.72. The first-order valence-corrected chi connectivity index (χ1v) is 7.35. The van der Waals surface area contributed by atoms with Gasteiger partial charge in [-0.15, -0.1) is 11.8 Å². The normalized spacial score (nSPS) is 13.9. The van der Waals surface area contributed by atoms with E-state index in [0.29, 0.717) is 10.8 Å². The third-order valence-corrected chi connectivity index (χ3v) is 4.21. The number of rotatable bonds is 6. The fourth-order valence-corrected chi connectivity index (χ4v) is 2.37. The molecule has 0 fully saturated rings. The Morgan fingerprint density at radius 3 is 2.84 bits per heavy atom. The van der Waals surface area contributed by atoms with Crippen molar-refractivity contribution in [2.24, 2.45) is 5.92 Å². The van der Waals surface area contributed by atoms with Gasteiger partial charge in [-0.3, -0.25) is 4.79 Å². The molecule has 1 rings (SSSR count). The maximum absolute atomic E-state index is 13.4. The zero-order chi connectivity index (χ0) is 14.4. The van der Waals surface area contributed by atoms with E-state index in [0.717, 1.165) is 0 Å². The Morgan fingerprint density at radius 1 is 1.53 bits per heavy atom. The van der Waals surface area contributed by atoms with E-state index in [1.165, 1.54) is 30.0 Å². The lowest BCUT2D eigenvalue weighted by molar-refractivity contribution is -0.115. The van der Waals surface area contributed by atoms with Crippen LogP contribution in [0.2, 0.25) is 5.02 Å². The summed E-state index contributed by atoms with van der Waals surface area (Å²) in [6.07, 6.45) is 0. The summed E-state index contributed by atoms with van der Waals surface area (Å²) in [5, 5.41) is 11.5. The number of hydrogen-bond acceptors (Lipinski definition) is 3. The lowest BCUT2D eigenvalue weighted by Gasteiger charge is -2.14. The van der Waals surface area contributed by atoms with Crippen LogP contribution in [0.15, 0.2) is 18.2 Å². The highest BCUT2D eigenvalue weighted by molar-refractivity contribution is 8.00. The third-order valence-electron chi connectivity index (χ3n) is 2.50. The molecular weight excluding hydrogens is 289 g/mol. The molecule has 0 saturated carbocycles. The van der Waals surface area contributed by atoms with Gasteiger partial charge >= 0.3 is 0 Å². The minimum Gasteiger partial charge on any atom is -0.396 e. The average molecular weight is 306 g/mol. The largest absolute Gasteiger partial charge is 0.396 e. The fraction of sp³-hybridized carbons (Fsp3) is 0.462. The van der Waals surface area contributed by atoms with Crippen LogP contribution in [0.3, 0.4) is 0 Å². The summed E-state index contributed by atoms with van der Waals surface area (Å²) in [5.41, 5.74) is 0.0835. The first-order valence-electron chi connectivity index (χ1n) is 5.92.